The third kappa shape index (κ3) is 3.32. The first-order chi connectivity index (χ1) is 12.8. The first-order valence-electron chi connectivity index (χ1n) is 7.87. The van der Waals surface area contributed by atoms with Crippen LogP contribution in [0.5, 0.6) is 0 Å². The molecular weight excluding hydrogens is 330 g/mol. The molecule has 4 rings (SSSR count). The van der Waals surface area contributed by atoms with Gasteiger partial charge in [0.15, 0.2) is 0 Å². The Morgan fingerprint density at radius 1 is 0.808 bits per heavy atom. The first-order valence-corrected chi connectivity index (χ1v) is 7.87. The number of nitrogens with zero attached hydrogens (tertiary/aromatic N) is 4. The van der Waals surface area contributed by atoms with Gasteiger partial charge in [0.25, 0.3) is 5.91 Å². The number of carbonyl (C=O) groups is 1. The molecule has 2 aromatic carbocycles. The lowest BCUT2D eigenvalue weighted by molar-refractivity contribution is 0.102. The molecule has 2 aromatic heterocycles. The van der Waals surface area contributed by atoms with Crippen LogP contribution in [0.2, 0.25) is 0 Å². The molecule has 0 spiro atoms. The Labute approximate surface area is 148 Å². The lowest BCUT2D eigenvalue weighted by Gasteiger charge is -2.05. The number of aromatic nitrogens is 4. The number of benzene rings is 2. The molecule has 126 valence electrons. The van der Waals surface area contributed by atoms with Crippen molar-refractivity contribution in [1.82, 2.24) is 20.4 Å². The minimum Gasteiger partial charge on any atom is -0.416 e. The average molecular weight is 343 g/mol. The lowest BCUT2D eigenvalue weighted by atomic mass is 10.2. The van der Waals surface area contributed by atoms with E-state index in [-0.39, 0.29) is 5.91 Å². The van der Waals surface area contributed by atoms with E-state index in [0.717, 1.165) is 11.1 Å². The van der Waals surface area contributed by atoms with Crippen LogP contribution in [-0.2, 0) is 0 Å². The highest BCUT2D eigenvalue weighted by atomic mass is 16.4. The van der Waals surface area contributed by atoms with Gasteiger partial charge in [0.05, 0.1) is 18.0 Å². The zero-order valence-corrected chi connectivity index (χ0v) is 13.5. The summed E-state index contributed by atoms with van der Waals surface area (Å²) in [5, 5.41) is 18.3. The fourth-order valence-corrected chi connectivity index (χ4v) is 2.36. The van der Waals surface area contributed by atoms with E-state index >= 15 is 0 Å². The monoisotopic (exact) mass is 343 g/mol. The number of hydrogen-bond acceptors (Lipinski definition) is 6. The molecule has 0 aliphatic rings. The molecule has 0 aliphatic carbocycles. The molecule has 26 heavy (non-hydrogen) atoms. The van der Waals surface area contributed by atoms with Gasteiger partial charge in [0, 0.05) is 16.8 Å². The van der Waals surface area contributed by atoms with Gasteiger partial charge in [0.2, 0.25) is 11.8 Å². The summed E-state index contributed by atoms with van der Waals surface area (Å²) in [6.45, 7) is 0. The van der Waals surface area contributed by atoms with Crippen LogP contribution in [0.3, 0.4) is 0 Å². The molecule has 7 nitrogen and oxygen atoms in total. The molecule has 0 saturated heterocycles. The van der Waals surface area contributed by atoms with Crippen molar-refractivity contribution in [2.45, 2.75) is 0 Å². The molecule has 1 amide bonds. The van der Waals surface area contributed by atoms with Crippen molar-refractivity contribution in [2.24, 2.45) is 0 Å². The van der Waals surface area contributed by atoms with Crippen molar-refractivity contribution < 1.29 is 9.21 Å². The number of nitrogens with one attached hydrogen (secondary N) is 1. The smallest absolute Gasteiger partial charge is 0.257 e. The highest BCUT2D eigenvalue weighted by Gasteiger charge is 2.11. The summed E-state index contributed by atoms with van der Waals surface area (Å²) in [5.41, 5.74) is 2.72. The Morgan fingerprint density at radius 3 is 2.15 bits per heavy atom. The summed E-state index contributed by atoms with van der Waals surface area (Å²) in [4.78, 5) is 12.1. The molecular formula is C19H13N5O2. The summed E-state index contributed by atoms with van der Waals surface area (Å²) >= 11 is 0. The van der Waals surface area contributed by atoms with Gasteiger partial charge < -0.3 is 9.73 Å². The van der Waals surface area contributed by atoms with E-state index in [2.05, 4.69) is 25.7 Å². The third-order valence-electron chi connectivity index (χ3n) is 3.68. The molecule has 0 radical (unpaired) electrons. The minimum absolute atomic E-state index is 0.253. The van der Waals surface area contributed by atoms with Crippen molar-refractivity contribution in [2.75, 3.05) is 5.32 Å². The van der Waals surface area contributed by atoms with E-state index in [9.17, 15) is 4.79 Å². The van der Waals surface area contributed by atoms with Gasteiger partial charge >= 0.3 is 0 Å². The maximum Gasteiger partial charge on any atom is 0.257 e. The summed E-state index contributed by atoms with van der Waals surface area (Å²) in [6, 6.07) is 18.3. The van der Waals surface area contributed by atoms with Crippen LogP contribution in [0, 0.1) is 0 Å². The maximum atomic E-state index is 12.1. The highest BCUT2D eigenvalue weighted by Crippen LogP contribution is 2.24. The lowest BCUT2D eigenvalue weighted by Crippen LogP contribution is -2.12. The van der Waals surface area contributed by atoms with Gasteiger partial charge in [-0.2, -0.15) is 10.2 Å². The zero-order valence-electron chi connectivity index (χ0n) is 13.5. The summed E-state index contributed by atoms with van der Waals surface area (Å²) in [7, 11) is 0. The van der Waals surface area contributed by atoms with E-state index in [1.807, 2.05) is 42.5 Å². The Hall–Kier alpha value is -3.87. The van der Waals surface area contributed by atoms with Gasteiger partial charge in [0.1, 0.15) is 0 Å². The van der Waals surface area contributed by atoms with Gasteiger partial charge in [-0.1, -0.05) is 18.2 Å². The normalized spacial score (nSPS) is 10.5. The van der Waals surface area contributed by atoms with Crippen LogP contribution in [-0.4, -0.2) is 26.3 Å². The number of rotatable bonds is 4. The van der Waals surface area contributed by atoms with E-state index in [4.69, 9.17) is 4.42 Å². The second-order valence-electron chi connectivity index (χ2n) is 5.44. The van der Waals surface area contributed by atoms with Crippen molar-refractivity contribution in [3.05, 3.63) is 78.6 Å². The van der Waals surface area contributed by atoms with Crippen molar-refractivity contribution in [3.63, 3.8) is 0 Å². The molecule has 0 atom stereocenters. The maximum absolute atomic E-state index is 12.1. The predicted molar refractivity (Wildman–Crippen MR) is 95.2 cm³/mol. The van der Waals surface area contributed by atoms with Crippen molar-refractivity contribution in [1.29, 1.82) is 0 Å². The second-order valence-corrected chi connectivity index (χ2v) is 5.44. The molecule has 7 heteroatoms. The SMILES string of the molecule is O=C(Nc1ccc(-c2nnc(-c3ccccc3)o2)cc1)c1ccnnc1. The second kappa shape index (κ2) is 6.94. The number of anilines is 1. The van der Waals surface area contributed by atoms with Crippen molar-refractivity contribution in [3.8, 4) is 22.9 Å². The van der Waals surface area contributed by atoms with Crippen LogP contribution in [0.25, 0.3) is 22.9 Å². The summed E-state index contributed by atoms with van der Waals surface area (Å²) in [6.07, 6.45) is 2.88. The summed E-state index contributed by atoms with van der Waals surface area (Å²) in [5.74, 6) is 0.625. The molecule has 4 aromatic rings. The molecule has 0 aliphatic heterocycles. The standard InChI is InChI=1S/C19H13N5O2/c25-17(15-10-11-20-21-12-15)22-16-8-6-14(7-9-16)19-24-23-18(26-19)13-4-2-1-3-5-13/h1-12H,(H,22,25). The molecule has 0 bridgehead atoms. The molecule has 0 saturated carbocycles. The fraction of sp³-hybridized carbons (Fsp3) is 0. The van der Waals surface area contributed by atoms with Crippen LogP contribution >= 0.6 is 0 Å². The van der Waals surface area contributed by atoms with E-state index in [1.54, 1.807) is 18.2 Å². The topological polar surface area (TPSA) is 93.8 Å². The highest BCUT2D eigenvalue weighted by molar-refractivity contribution is 6.04. The number of hydrogen-bond donors (Lipinski definition) is 1. The van der Waals surface area contributed by atoms with Gasteiger partial charge in [-0.25, -0.2) is 0 Å². The summed E-state index contributed by atoms with van der Waals surface area (Å²) < 4.78 is 5.72. The van der Waals surface area contributed by atoms with Gasteiger partial charge in [-0.3, -0.25) is 4.79 Å². The fourth-order valence-electron chi connectivity index (χ4n) is 2.36. The molecule has 0 fully saturated rings. The van der Waals surface area contributed by atoms with Crippen LogP contribution in [0.1, 0.15) is 10.4 Å². The zero-order chi connectivity index (χ0) is 17.8. The number of amides is 1. The minimum atomic E-state index is -0.253. The van der Waals surface area contributed by atoms with Crippen molar-refractivity contribution >= 4 is 11.6 Å². The van der Waals surface area contributed by atoms with E-state index in [1.165, 1.54) is 12.4 Å². The van der Waals surface area contributed by atoms with E-state index < -0.39 is 0 Å². The van der Waals surface area contributed by atoms with Gasteiger partial charge in [-0.05, 0) is 42.5 Å². The molecule has 1 N–H and O–H groups in total. The Kier molecular flexibility index (Phi) is 4.17. The predicted octanol–water partition coefficient (Wildman–Crippen LogP) is 3.45. The van der Waals surface area contributed by atoms with Gasteiger partial charge in [-0.15, -0.1) is 10.2 Å². The largest absolute Gasteiger partial charge is 0.416 e. The van der Waals surface area contributed by atoms with E-state index in [0.29, 0.717) is 23.0 Å². The van der Waals surface area contributed by atoms with Crippen LogP contribution in [0.15, 0.2) is 77.5 Å². The number of carbonyl (C=O) groups excluding carboxylic acids is 1. The first kappa shape index (κ1) is 15.6. The Morgan fingerprint density at radius 2 is 1.50 bits per heavy atom. The van der Waals surface area contributed by atoms with Crippen LogP contribution in [0.4, 0.5) is 5.69 Å². The Bertz CT molecular complexity index is 1010. The Balaban J connectivity index is 1.50. The molecule has 2 heterocycles. The van der Waals surface area contributed by atoms with Crippen LogP contribution < -0.4 is 5.32 Å². The quantitative estimate of drug-likeness (QED) is 0.610. The average Bonchev–Trinajstić information content (AvgIpc) is 3.20. The third-order valence-corrected chi connectivity index (χ3v) is 3.68. The molecule has 0 unspecified atom stereocenters.